The molecule has 0 radical (unpaired) electrons. The zero-order chi connectivity index (χ0) is 19.8. The first-order valence-corrected chi connectivity index (χ1v) is 8.06. The summed E-state index contributed by atoms with van der Waals surface area (Å²) in [6, 6.07) is 8.83. The number of aromatic nitrogens is 3. The van der Waals surface area contributed by atoms with Crippen LogP contribution in [-0.4, -0.2) is 27.3 Å². The highest BCUT2D eigenvalue weighted by Gasteiger charge is 2.44. The van der Waals surface area contributed by atoms with Crippen LogP contribution in [0.1, 0.15) is 0 Å². The maximum atomic E-state index is 13.4. The second kappa shape index (κ2) is 7.28. The van der Waals surface area contributed by atoms with Gasteiger partial charge in [0.25, 0.3) is 0 Å². The minimum absolute atomic E-state index is 0.122. The van der Waals surface area contributed by atoms with Crippen molar-refractivity contribution in [3.63, 3.8) is 0 Å². The first-order valence-electron chi connectivity index (χ1n) is 7.27. The van der Waals surface area contributed by atoms with Crippen molar-refractivity contribution in [1.82, 2.24) is 14.8 Å². The lowest BCUT2D eigenvalue weighted by Crippen LogP contribution is -2.33. The van der Waals surface area contributed by atoms with Gasteiger partial charge < -0.3 is 4.74 Å². The van der Waals surface area contributed by atoms with Crippen LogP contribution in [0.25, 0.3) is 17.1 Å². The maximum Gasteiger partial charge on any atom is 0.461 e. The van der Waals surface area contributed by atoms with Gasteiger partial charge in [-0.3, -0.25) is 9.67 Å². The number of rotatable bonds is 5. The molecule has 1 aromatic heterocycles. The molecule has 0 atom stereocenters. The highest BCUT2D eigenvalue weighted by atomic mass is 35.5. The second-order valence-electron chi connectivity index (χ2n) is 5.28. The van der Waals surface area contributed by atoms with Gasteiger partial charge in [-0.15, -0.1) is 0 Å². The molecular formula is C16H9ClF5N3OS. The monoisotopic (exact) mass is 421 g/mol. The SMILES string of the molecule is Fc1ccc(-n2c(-c3cccc(OC(F)(F)C(F)F)c3)n[nH]c2=S)cc1Cl. The van der Waals surface area contributed by atoms with Crippen molar-refractivity contribution in [3.8, 4) is 22.8 Å². The first-order chi connectivity index (χ1) is 12.7. The molecule has 11 heteroatoms. The van der Waals surface area contributed by atoms with E-state index in [0.717, 1.165) is 18.2 Å². The molecule has 0 aliphatic heterocycles. The molecule has 27 heavy (non-hydrogen) atoms. The molecule has 0 aliphatic rings. The van der Waals surface area contributed by atoms with Gasteiger partial charge in [-0.1, -0.05) is 23.7 Å². The van der Waals surface area contributed by atoms with Crippen molar-refractivity contribution < 1.29 is 26.7 Å². The van der Waals surface area contributed by atoms with E-state index in [1.807, 2.05) is 0 Å². The van der Waals surface area contributed by atoms with Crippen molar-refractivity contribution >= 4 is 23.8 Å². The molecule has 0 spiro atoms. The average molecular weight is 422 g/mol. The molecule has 0 saturated carbocycles. The van der Waals surface area contributed by atoms with Crippen molar-refractivity contribution in [2.45, 2.75) is 12.5 Å². The van der Waals surface area contributed by atoms with E-state index in [9.17, 15) is 22.0 Å². The Balaban J connectivity index is 2.05. The molecule has 0 bridgehead atoms. The van der Waals surface area contributed by atoms with Gasteiger partial charge in [0.15, 0.2) is 10.6 Å². The van der Waals surface area contributed by atoms with Crippen LogP contribution in [-0.2, 0) is 0 Å². The number of alkyl halides is 4. The predicted molar refractivity (Wildman–Crippen MR) is 90.7 cm³/mol. The number of halogens is 6. The average Bonchev–Trinajstić information content (AvgIpc) is 2.99. The lowest BCUT2D eigenvalue weighted by molar-refractivity contribution is -0.253. The molecule has 0 amide bonds. The molecule has 1 heterocycles. The quantitative estimate of drug-likeness (QED) is 0.429. The number of H-pyrrole nitrogens is 1. The summed E-state index contributed by atoms with van der Waals surface area (Å²) < 4.78 is 69.9. The topological polar surface area (TPSA) is 42.8 Å². The molecule has 3 rings (SSSR count). The Morgan fingerprint density at radius 3 is 2.59 bits per heavy atom. The van der Waals surface area contributed by atoms with Crippen LogP contribution in [0.2, 0.25) is 5.02 Å². The number of nitrogens with one attached hydrogen (secondary N) is 1. The van der Waals surface area contributed by atoms with Crippen molar-refractivity contribution in [2.24, 2.45) is 0 Å². The first kappa shape index (κ1) is 19.3. The Bertz CT molecular complexity index is 1040. The zero-order valence-electron chi connectivity index (χ0n) is 13.1. The van der Waals surface area contributed by atoms with E-state index in [0.29, 0.717) is 5.69 Å². The standard InChI is InChI=1S/C16H9ClF5N3OS/c17-11-7-9(4-5-12(11)18)25-13(23-24-15(25)27)8-2-1-3-10(6-8)26-16(21,22)14(19)20/h1-7,14H,(H,24,27). The number of benzene rings is 2. The van der Waals surface area contributed by atoms with Crippen LogP contribution in [0.4, 0.5) is 22.0 Å². The minimum atomic E-state index is -4.65. The smallest absolute Gasteiger partial charge is 0.428 e. The summed E-state index contributed by atoms with van der Waals surface area (Å²) in [7, 11) is 0. The van der Waals surface area contributed by atoms with E-state index >= 15 is 0 Å². The summed E-state index contributed by atoms with van der Waals surface area (Å²) in [5.74, 6) is -0.967. The lowest BCUT2D eigenvalue weighted by atomic mass is 10.2. The van der Waals surface area contributed by atoms with Gasteiger partial charge in [-0.25, -0.2) is 4.39 Å². The zero-order valence-corrected chi connectivity index (χ0v) is 14.7. The van der Waals surface area contributed by atoms with Crippen molar-refractivity contribution in [3.05, 3.63) is 58.1 Å². The molecule has 2 aromatic carbocycles. The van der Waals surface area contributed by atoms with Gasteiger partial charge in [0.05, 0.1) is 10.7 Å². The predicted octanol–water partition coefficient (Wildman–Crippen LogP) is 5.63. The van der Waals surface area contributed by atoms with Crippen LogP contribution in [0.3, 0.4) is 0 Å². The summed E-state index contributed by atoms with van der Waals surface area (Å²) in [5.41, 5.74) is 0.602. The number of hydrogen-bond acceptors (Lipinski definition) is 3. The number of nitrogens with zero attached hydrogens (tertiary/aromatic N) is 2. The summed E-state index contributed by atoms with van der Waals surface area (Å²) in [5, 5.41) is 6.37. The Labute approximate surface area is 159 Å². The molecule has 1 N–H and O–H groups in total. The Morgan fingerprint density at radius 2 is 1.93 bits per heavy atom. The minimum Gasteiger partial charge on any atom is -0.428 e. The van der Waals surface area contributed by atoms with Gasteiger partial charge >= 0.3 is 12.5 Å². The van der Waals surface area contributed by atoms with Crippen molar-refractivity contribution in [1.29, 1.82) is 0 Å². The maximum absolute atomic E-state index is 13.4. The van der Waals surface area contributed by atoms with E-state index in [2.05, 4.69) is 14.9 Å². The second-order valence-corrected chi connectivity index (χ2v) is 6.07. The summed E-state index contributed by atoms with van der Waals surface area (Å²) >= 11 is 10.9. The highest BCUT2D eigenvalue weighted by molar-refractivity contribution is 7.71. The van der Waals surface area contributed by atoms with E-state index in [-0.39, 0.29) is 21.2 Å². The normalized spacial score (nSPS) is 11.8. The van der Waals surface area contributed by atoms with Gasteiger partial charge in [0, 0.05) is 5.56 Å². The van der Waals surface area contributed by atoms with Crippen LogP contribution >= 0.6 is 23.8 Å². The Morgan fingerprint density at radius 1 is 1.19 bits per heavy atom. The van der Waals surface area contributed by atoms with Crippen LogP contribution in [0.15, 0.2) is 42.5 Å². The van der Waals surface area contributed by atoms with E-state index in [4.69, 9.17) is 23.8 Å². The molecule has 0 aliphatic carbocycles. The van der Waals surface area contributed by atoms with E-state index < -0.39 is 24.1 Å². The fourth-order valence-electron chi connectivity index (χ4n) is 2.25. The van der Waals surface area contributed by atoms with E-state index in [1.165, 1.54) is 28.8 Å². The van der Waals surface area contributed by atoms with Crippen LogP contribution in [0, 0.1) is 10.6 Å². The Kier molecular flexibility index (Phi) is 5.20. The van der Waals surface area contributed by atoms with E-state index in [1.54, 1.807) is 0 Å². The summed E-state index contributed by atoms with van der Waals surface area (Å²) in [4.78, 5) is 0. The third kappa shape index (κ3) is 3.96. The van der Waals surface area contributed by atoms with Gasteiger partial charge in [0.1, 0.15) is 11.6 Å². The lowest BCUT2D eigenvalue weighted by Gasteiger charge is -2.17. The van der Waals surface area contributed by atoms with Gasteiger partial charge in [-0.05, 0) is 42.5 Å². The van der Waals surface area contributed by atoms with Crippen LogP contribution in [0.5, 0.6) is 5.75 Å². The van der Waals surface area contributed by atoms with Gasteiger partial charge in [0.2, 0.25) is 0 Å². The highest BCUT2D eigenvalue weighted by Crippen LogP contribution is 2.31. The largest absolute Gasteiger partial charge is 0.461 e. The van der Waals surface area contributed by atoms with Crippen LogP contribution < -0.4 is 4.74 Å². The third-order valence-corrected chi connectivity index (χ3v) is 4.00. The van der Waals surface area contributed by atoms with Gasteiger partial charge in [-0.2, -0.15) is 22.7 Å². The molecule has 142 valence electrons. The summed E-state index contributed by atoms with van der Waals surface area (Å²) in [6.07, 6.45) is -8.63. The molecule has 3 aromatic rings. The third-order valence-electron chi connectivity index (χ3n) is 3.43. The molecule has 4 nitrogen and oxygen atoms in total. The fourth-order valence-corrected chi connectivity index (χ4v) is 2.67. The summed E-state index contributed by atoms with van der Waals surface area (Å²) in [6.45, 7) is 0. The van der Waals surface area contributed by atoms with Crippen molar-refractivity contribution in [2.75, 3.05) is 0 Å². The fraction of sp³-hybridized carbons (Fsp3) is 0.125. The number of aromatic amines is 1. The molecule has 0 unspecified atom stereocenters. The number of hydrogen-bond donors (Lipinski definition) is 1. The number of ether oxygens (including phenoxy) is 1. The molecule has 0 saturated heterocycles. The Hall–Kier alpha value is -2.46. The molecule has 0 fully saturated rings. The molecular weight excluding hydrogens is 413 g/mol.